The van der Waals surface area contributed by atoms with Crippen molar-refractivity contribution >= 4 is 49.8 Å². The minimum absolute atomic E-state index is 0.138. The summed E-state index contributed by atoms with van der Waals surface area (Å²) in [6.07, 6.45) is 0. The van der Waals surface area contributed by atoms with Gasteiger partial charge in [-0.1, -0.05) is 29.8 Å². The van der Waals surface area contributed by atoms with E-state index in [-0.39, 0.29) is 18.0 Å². The molecule has 0 bridgehead atoms. The molecule has 9 heteroatoms. The first kappa shape index (κ1) is 21.1. The van der Waals surface area contributed by atoms with Crippen molar-refractivity contribution in [2.45, 2.75) is 13.5 Å². The Labute approximate surface area is 187 Å². The van der Waals surface area contributed by atoms with Gasteiger partial charge in [-0.2, -0.15) is 0 Å². The Hall–Kier alpha value is -3.10. The first-order valence-corrected chi connectivity index (χ1v) is 10.8. The number of halogens is 1. The molecule has 4 aromatic rings. The second-order valence-corrected chi connectivity index (χ2v) is 8.23. The predicted octanol–water partition coefficient (Wildman–Crippen LogP) is 4.47. The highest BCUT2D eigenvalue weighted by molar-refractivity contribution is 7.21. The lowest BCUT2D eigenvalue weighted by Gasteiger charge is -2.20. The van der Waals surface area contributed by atoms with Crippen LogP contribution in [0.1, 0.15) is 22.4 Å². The van der Waals surface area contributed by atoms with Crippen LogP contribution in [-0.4, -0.2) is 41.5 Å². The highest BCUT2D eigenvalue weighted by Gasteiger charge is 2.23. The van der Waals surface area contributed by atoms with Crippen LogP contribution in [-0.2, 0) is 6.54 Å². The largest absolute Gasteiger partial charge is 0.493 e. The van der Waals surface area contributed by atoms with Crippen molar-refractivity contribution in [2.24, 2.45) is 0 Å². The fraction of sp³-hybridized carbons (Fsp3) is 0.227. The van der Waals surface area contributed by atoms with Crippen LogP contribution in [0.3, 0.4) is 0 Å². The SMILES string of the molecule is CCN(Cc1nc2cc(OC)c(OC)cc2c(=O)[nH]1)C(=O)c1sc2ccccc2c1Cl. The summed E-state index contributed by atoms with van der Waals surface area (Å²) < 4.78 is 11.5. The molecular formula is C22H20ClN3O4S. The van der Waals surface area contributed by atoms with Crippen LogP contribution in [0.2, 0.25) is 5.02 Å². The van der Waals surface area contributed by atoms with Crippen molar-refractivity contribution in [3.05, 3.63) is 62.5 Å². The molecule has 0 spiro atoms. The van der Waals surface area contributed by atoms with E-state index in [1.54, 1.807) is 17.0 Å². The van der Waals surface area contributed by atoms with Crippen LogP contribution in [0.4, 0.5) is 0 Å². The van der Waals surface area contributed by atoms with Crippen LogP contribution in [0, 0.1) is 0 Å². The number of rotatable bonds is 6. The molecule has 0 aliphatic carbocycles. The van der Waals surface area contributed by atoms with Gasteiger partial charge < -0.3 is 19.4 Å². The third kappa shape index (κ3) is 3.84. The van der Waals surface area contributed by atoms with E-state index in [9.17, 15) is 9.59 Å². The Morgan fingerprint density at radius 2 is 1.87 bits per heavy atom. The van der Waals surface area contributed by atoms with E-state index in [0.717, 1.165) is 10.1 Å². The van der Waals surface area contributed by atoms with E-state index < -0.39 is 0 Å². The van der Waals surface area contributed by atoms with Crippen LogP contribution >= 0.6 is 22.9 Å². The molecule has 0 atom stereocenters. The van der Waals surface area contributed by atoms with Gasteiger partial charge in [0.05, 0.1) is 36.7 Å². The number of aromatic nitrogens is 2. The van der Waals surface area contributed by atoms with Gasteiger partial charge in [0.1, 0.15) is 10.7 Å². The number of H-pyrrole nitrogens is 1. The number of carbonyl (C=O) groups is 1. The minimum Gasteiger partial charge on any atom is -0.493 e. The Balaban J connectivity index is 1.69. The van der Waals surface area contributed by atoms with Gasteiger partial charge in [-0.3, -0.25) is 9.59 Å². The summed E-state index contributed by atoms with van der Waals surface area (Å²) in [5.41, 5.74) is 0.143. The molecule has 7 nitrogen and oxygen atoms in total. The molecule has 0 radical (unpaired) electrons. The van der Waals surface area contributed by atoms with Gasteiger partial charge >= 0.3 is 0 Å². The van der Waals surface area contributed by atoms with Crippen molar-refractivity contribution in [1.82, 2.24) is 14.9 Å². The molecular weight excluding hydrogens is 438 g/mol. The summed E-state index contributed by atoms with van der Waals surface area (Å²) >= 11 is 7.84. The number of benzene rings is 2. The molecule has 0 aliphatic rings. The zero-order valence-electron chi connectivity index (χ0n) is 17.2. The lowest BCUT2D eigenvalue weighted by molar-refractivity contribution is 0.0753. The molecule has 2 heterocycles. The van der Waals surface area contributed by atoms with Crippen LogP contribution < -0.4 is 15.0 Å². The van der Waals surface area contributed by atoms with Crippen molar-refractivity contribution in [1.29, 1.82) is 0 Å². The summed E-state index contributed by atoms with van der Waals surface area (Å²) in [5.74, 6) is 1.08. The van der Waals surface area contributed by atoms with Gasteiger partial charge in [0.15, 0.2) is 11.5 Å². The average Bonchev–Trinajstić information content (AvgIpc) is 3.12. The van der Waals surface area contributed by atoms with E-state index in [0.29, 0.717) is 44.7 Å². The smallest absolute Gasteiger partial charge is 0.265 e. The molecule has 2 aromatic heterocycles. The maximum absolute atomic E-state index is 13.2. The maximum atomic E-state index is 13.2. The van der Waals surface area contributed by atoms with Crippen molar-refractivity contribution < 1.29 is 14.3 Å². The van der Waals surface area contributed by atoms with Gasteiger partial charge in [-0.15, -0.1) is 11.3 Å². The Morgan fingerprint density at radius 3 is 2.55 bits per heavy atom. The number of aromatic amines is 1. The Bertz CT molecular complexity index is 1350. The number of nitrogens with one attached hydrogen (secondary N) is 1. The average molecular weight is 458 g/mol. The van der Waals surface area contributed by atoms with Crippen molar-refractivity contribution in [2.75, 3.05) is 20.8 Å². The monoisotopic (exact) mass is 457 g/mol. The molecule has 0 fully saturated rings. The zero-order chi connectivity index (χ0) is 22.1. The fourth-order valence-corrected chi connectivity index (χ4v) is 4.87. The zero-order valence-corrected chi connectivity index (χ0v) is 18.8. The van der Waals surface area contributed by atoms with Gasteiger partial charge in [-0.25, -0.2) is 4.98 Å². The van der Waals surface area contributed by atoms with Gasteiger partial charge in [0, 0.05) is 22.7 Å². The summed E-state index contributed by atoms with van der Waals surface area (Å²) in [4.78, 5) is 35.2. The molecule has 0 saturated carbocycles. The molecule has 0 saturated heterocycles. The molecule has 0 aliphatic heterocycles. The summed E-state index contributed by atoms with van der Waals surface area (Å²) in [7, 11) is 3.02. The minimum atomic E-state index is -0.315. The number of hydrogen-bond acceptors (Lipinski definition) is 6. The number of amides is 1. The van der Waals surface area contributed by atoms with Crippen LogP contribution in [0.15, 0.2) is 41.2 Å². The van der Waals surface area contributed by atoms with Gasteiger partial charge in [-0.05, 0) is 19.1 Å². The lowest BCUT2D eigenvalue weighted by Crippen LogP contribution is -2.31. The molecule has 4 rings (SSSR count). The third-order valence-corrected chi connectivity index (χ3v) is 6.66. The maximum Gasteiger partial charge on any atom is 0.265 e. The summed E-state index contributed by atoms with van der Waals surface area (Å²) in [5, 5.41) is 1.68. The molecule has 1 N–H and O–H groups in total. The number of nitrogens with zero attached hydrogens (tertiary/aromatic N) is 2. The summed E-state index contributed by atoms with van der Waals surface area (Å²) in [6, 6.07) is 10.9. The van der Waals surface area contributed by atoms with E-state index in [1.807, 2.05) is 31.2 Å². The second-order valence-electron chi connectivity index (χ2n) is 6.80. The number of fused-ring (bicyclic) bond motifs is 2. The molecule has 160 valence electrons. The Kier molecular flexibility index (Phi) is 5.84. The topological polar surface area (TPSA) is 84.5 Å². The van der Waals surface area contributed by atoms with E-state index in [4.69, 9.17) is 21.1 Å². The number of hydrogen-bond donors (Lipinski definition) is 1. The summed E-state index contributed by atoms with van der Waals surface area (Å²) in [6.45, 7) is 2.43. The third-order valence-electron chi connectivity index (χ3n) is 5.00. The normalized spacial score (nSPS) is 11.1. The molecule has 2 aromatic carbocycles. The first-order chi connectivity index (χ1) is 15.0. The number of carbonyl (C=O) groups excluding carboxylic acids is 1. The quantitative estimate of drug-likeness (QED) is 0.461. The first-order valence-electron chi connectivity index (χ1n) is 9.58. The number of thiophene rings is 1. The Morgan fingerprint density at radius 1 is 1.16 bits per heavy atom. The second kappa shape index (κ2) is 8.56. The lowest BCUT2D eigenvalue weighted by atomic mass is 10.2. The van der Waals surface area contributed by atoms with Crippen LogP contribution in [0.5, 0.6) is 11.5 Å². The van der Waals surface area contributed by atoms with Gasteiger partial charge in [0.25, 0.3) is 11.5 Å². The predicted molar refractivity (Wildman–Crippen MR) is 123 cm³/mol. The molecule has 1 amide bonds. The van der Waals surface area contributed by atoms with Crippen LogP contribution in [0.25, 0.3) is 21.0 Å². The molecule has 0 unspecified atom stereocenters. The highest BCUT2D eigenvalue weighted by atomic mass is 35.5. The van der Waals surface area contributed by atoms with Crippen molar-refractivity contribution in [3.63, 3.8) is 0 Å². The number of ether oxygens (including phenoxy) is 2. The van der Waals surface area contributed by atoms with E-state index in [2.05, 4.69) is 9.97 Å². The van der Waals surface area contributed by atoms with E-state index >= 15 is 0 Å². The van der Waals surface area contributed by atoms with Gasteiger partial charge in [0.2, 0.25) is 0 Å². The van der Waals surface area contributed by atoms with E-state index in [1.165, 1.54) is 25.6 Å². The molecule has 31 heavy (non-hydrogen) atoms. The number of methoxy groups -OCH3 is 2. The standard InChI is InChI=1S/C22H20ClN3O4S/c1-4-26(22(28)20-19(23)12-7-5-6-8-17(12)31-20)11-18-24-14-10-16(30-3)15(29-2)9-13(14)21(27)25-18/h5-10H,4,11H2,1-3H3,(H,24,25,27). The highest BCUT2D eigenvalue weighted by Crippen LogP contribution is 2.36. The fourth-order valence-electron chi connectivity index (χ4n) is 3.39. The van der Waals surface area contributed by atoms with Crippen molar-refractivity contribution in [3.8, 4) is 11.5 Å².